The third-order valence-electron chi connectivity index (χ3n) is 3.12. The van der Waals surface area contributed by atoms with Gasteiger partial charge in [0.05, 0.1) is 0 Å². The van der Waals surface area contributed by atoms with Crippen LogP contribution in [0.3, 0.4) is 0 Å². The molecule has 0 fully saturated rings. The third-order valence-corrected chi connectivity index (χ3v) is 3.35. The third kappa shape index (κ3) is 2.96. The summed E-state index contributed by atoms with van der Waals surface area (Å²) in [5.41, 5.74) is 2.02. The fourth-order valence-corrected chi connectivity index (χ4v) is 2.36. The van der Waals surface area contributed by atoms with Crippen LogP contribution in [0.1, 0.15) is 23.6 Å². The molecule has 6 heteroatoms. The van der Waals surface area contributed by atoms with Crippen LogP contribution in [0, 0.1) is 0 Å². The van der Waals surface area contributed by atoms with Gasteiger partial charge < -0.3 is 10.4 Å². The number of aliphatic hydroxyl groups excluding tert-OH is 1. The Morgan fingerprint density at radius 1 is 1.44 bits per heavy atom. The molecule has 0 amide bonds. The summed E-state index contributed by atoms with van der Waals surface area (Å²) in [7, 11) is 0. The molecule has 18 heavy (non-hydrogen) atoms. The van der Waals surface area contributed by atoms with Gasteiger partial charge in [0, 0.05) is 17.6 Å². The standard InChI is InChI=1S/C12H13ClF3NO/c13-8-2-3-9-7(5-8)1-4-10(9)17-6-11(18)12(14,15)16/h2-3,5,10-11,17-18H,1,4,6H2. The van der Waals surface area contributed by atoms with Crippen molar-refractivity contribution in [2.75, 3.05) is 6.54 Å². The molecule has 0 heterocycles. The maximum atomic E-state index is 12.2. The first-order valence-corrected chi connectivity index (χ1v) is 6.02. The molecule has 1 aliphatic carbocycles. The number of hydrogen-bond donors (Lipinski definition) is 2. The lowest BCUT2D eigenvalue weighted by Crippen LogP contribution is -2.39. The van der Waals surface area contributed by atoms with Gasteiger partial charge in [-0.25, -0.2) is 0 Å². The number of aliphatic hydroxyl groups is 1. The number of aryl methyl sites for hydroxylation is 1. The maximum Gasteiger partial charge on any atom is 0.415 e. The van der Waals surface area contributed by atoms with Gasteiger partial charge in [-0.3, -0.25) is 0 Å². The van der Waals surface area contributed by atoms with Crippen LogP contribution < -0.4 is 5.32 Å². The largest absolute Gasteiger partial charge is 0.415 e. The summed E-state index contributed by atoms with van der Waals surface area (Å²) >= 11 is 5.85. The lowest BCUT2D eigenvalue weighted by atomic mass is 10.1. The van der Waals surface area contributed by atoms with Crippen LogP contribution in [0.15, 0.2) is 18.2 Å². The molecular weight excluding hydrogens is 267 g/mol. The molecule has 1 aliphatic rings. The second kappa shape index (κ2) is 5.07. The number of fused-ring (bicyclic) bond motifs is 1. The van der Waals surface area contributed by atoms with Gasteiger partial charge in [-0.15, -0.1) is 0 Å². The minimum atomic E-state index is -4.57. The van der Waals surface area contributed by atoms with E-state index in [-0.39, 0.29) is 6.04 Å². The van der Waals surface area contributed by atoms with Gasteiger partial charge in [0.1, 0.15) is 0 Å². The summed E-state index contributed by atoms with van der Waals surface area (Å²) in [6.45, 7) is -0.490. The van der Waals surface area contributed by atoms with E-state index in [1.165, 1.54) is 0 Å². The minimum Gasteiger partial charge on any atom is -0.382 e. The van der Waals surface area contributed by atoms with Crippen LogP contribution in [0.25, 0.3) is 0 Å². The zero-order valence-corrected chi connectivity index (χ0v) is 10.2. The summed E-state index contributed by atoms with van der Waals surface area (Å²) in [5, 5.41) is 12.3. The van der Waals surface area contributed by atoms with Crippen LogP contribution in [0.2, 0.25) is 5.02 Å². The quantitative estimate of drug-likeness (QED) is 0.892. The summed E-state index contributed by atoms with van der Waals surface area (Å²) < 4.78 is 36.5. The summed E-state index contributed by atoms with van der Waals surface area (Å²) in [5.74, 6) is 0. The van der Waals surface area contributed by atoms with E-state index < -0.39 is 18.8 Å². The Morgan fingerprint density at radius 3 is 2.83 bits per heavy atom. The molecule has 0 aromatic heterocycles. The fourth-order valence-electron chi connectivity index (χ4n) is 2.17. The molecule has 0 saturated carbocycles. The van der Waals surface area contributed by atoms with Gasteiger partial charge in [0.25, 0.3) is 0 Å². The first-order valence-electron chi connectivity index (χ1n) is 5.64. The van der Waals surface area contributed by atoms with Crippen LogP contribution >= 0.6 is 11.6 Å². The first-order chi connectivity index (χ1) is 8.38. The van der Waals surface area contributed by atoms with Crippen LogP contribution in [-0.2, 0) is 6.42 Å². The molecule has 0 radical (unpaired) electrons. The smallest absolute Gasteiger partial charge is 0.382 e. The molecule has 100 valence electrons. The summed E-state index contributed by atoms with van der Waals surface area (Å²) in [6, 6.07) is 5.23. The highest BCUT2D eigenvalue weighted by Crippen LogP contribution is 2.33. The number of benzene rings is 1. The molecule has 2 rings (SSSR count). The highest BCUT2D eigenvalue weighted by Gasteiger charge is 2.38. The molecule has 2 atom stereocenters. The average Bonchev–Trinajstić information content (AvgIpc) is 2.66. The number of alkyl halides is 3. The van der Waals surface area contributed by atoms with Crippen molar-refractivity contribution >= 4 is 11.6 Å². The Kier molecular flexibility index (Phi) is 3.84. The topological polar surface area (TPSA) is 32.3 Å². The van der Waals surface area contributed by atoms with Crippen molar-refractivity contribution in [2.24, 2.45) is 0 Å². The van der Waals surface area contributed by atoms with E-state index in [1.54, 1.807) is 6.07 Å². The molecule has 2 nitrogen and oxygen atoms in total. The van der Waals surface area contributed by atoms with Crippen molar-refractivity contribution in [1.29, 1.82) is 0 Å². The summed E-state index contributed by atoms with van der Waals surface area (Å²) in [6.07, 6.45) is -5.39. The molecule has 0 spiro atoms. The van der Waals surface area contributed by atoms with Gasteiger partial charge in [-0.1, -0.05) is 17.7 Å². The van der Waals surface area contributed by atoms with Crippen LogP contribution in [0.4, 0.5) is 13.2 Å². The average molecular weight is 280 g/mol. The first kappa shape index (κ1) is 13.6. The predicted octanol–water partition coefficient (Wildman–Crippen LogP) is 2.84. The minimum absolute atomic E-state index is 0.144. The van der Waals surface area contributed by atoms with Crippen molar-refractivity contribution in [3.8, 4) is 0 Å². The highest BCUT2D eigenvalue weighted by atomic mass is 35.5. The second-order valence-electron chi connectivity index (χ2n) is 4.40. The normalized spacial score (nSPS) is 20.8. The molecule has 0 bridgehead atoms. The zero-order chi connectivity index (χ0) is 13.3. The van der Waals surface area contributed by atoms with E-state index in [2.05, 4.69) is 5.32 Å². The van der Waals surface area contributed by atoms with E-state index in [4.69, 9.17) is 16.7 Å². The van der Waals surface area contributed by atoms with E-state index in [0.29, 0.717) is 5.02 Å². The van der Waals surface area contributed by atoms with E-state index >= 15 is 0 Å². The molecule has 1 aromatic carbocycles. The fraction of sp³-hybridized carbons (Fsp3) is 0.500. The van der Waals surface area contributed by atoms with Gasteiger partial charge >= 0.3 is 6.18 Å². The Balaban J connectivity index is 1.98. The number of halogens is 4. The monoisotopic (exact) mass is 279 g/mol. The van der Waals surface area contributed by atoms with Gasteiger partial charge in [0.2, 0.25) is 0 Å². The van der Waals surface area contributed by atoms with Crippen molar-refractivity contribution in [2.45, 2.75) is 31.2 Å². The van der Waals surface area contributed by atoms with Crippen molar-refractivity contribution in [1.82, 2.24) is 5.32 Å². The SMILES string of the molecule is OC(CNC1CCc2cc(Cl)ccc21)C(F)(F)F. The Bertz CT molecular complexity index is 436. The Morgan fingerprint density at radius 2 is 2.17 bits per heavy atom. The van der Waals surface area contributed by atoms with Crippen LogP contribution in [0.5, 0.6) is 0 Å². The van der Waals surface area contributed by atoms with Gasteiger partial charge in [-0.05, 0) is 36.1 Å². The van der Waals surface area contributed by atoms with Crippen molar-refractivity contribution in [3.05, 3.63) is 34.3 Å². The lowest BCUT2D eigenvalue weighted by molar-refractivity contribution is -0.202. The lowest BCUT2D eigenvalue weighted by Gasteiger charge is -2.19. The molecule has 0 saturated heterocycles. The highest BCUT2D eigenvalue weighted by molar-refractivity contribution is 6.30. The predicted molar refractivity (Wildman–Crippen MR) is 62.6 cm³/mol. The van der Waals surface area contributed by atoms with Crippen molar-refractivity contribution < 1.29 is 18.3 Å². The second-order valence-corrected chi connectivity index (χ2v) is 4.84. The molecule has 2 N–H and O–H groups in total. The van der Waals surface area contributed by atoms with E-state index in [1.807, 2.05) is 12.1 Å². The van der Waals surface area contributed by atoms with E-state index in [9.17, 15) is 13.2 Å². The molecular formula is C12H13ClF3NO. The van der Waals surface area contributed by atoms with Gasteiger partial charge in [-0.2, -0.15) is 13.2 Å². The van der Waals surface area contributed by atoms with Crippen molar-refractivity contribution in [3.63, 3.8) is 0 Å². The van der Waals surface area contributed by atoms with Gasteiger partial charge in [0.15, 0.2) is 6.10 Å². The van der Waals surface area contributed by atoms with Crippen LogP contribution in [-0.4, -0.2) is 23.9 Å². The Labute approximate surface area is 108 Å². The Hall–Kier alpha value is -0.780. The summed E-state index contributed by atoms with van der Waals surface area (Å²) in [4.78, 5) is 0. The van der Waals surface area contributed by atoms with E-state index in [0.717, 1.165) is 24.0 Å². The molecule has 0 aliphatic heterocycles. The number of nitrogens with one attached hydrogen (secondary N) is 1. The number of hydrogen-bond acceptors (Lipinski definition) is 2. The maximum absolute atomic E-state index is 12.2. The zero-order valence-electron chi connectivity index (χ0n) is 9.47. The molecule has 1 aromatic rings. The molecule has 2 unspecified atom stereocenters. The number of rotatable bonds is 3.